The first-order valence-electron chi connectivity index (χ1n) is 6.76. The number of hydrogen-bond donors (Lipinski definition) is 2. The highest BCUT2D eigenvalue weighted by molar-refractivity contribution is 7.10. The van der Waals surface area contributed by atoms with E-state index in [-0.39, 0.29) is 0 Å². The second-order valence-corrected chi connectivity index (χ2v) is 6.11. The van der Waals surface area contributed by atoms with Crippen LogP contribution in [0.25, 0.3) is 0 Å². The molecule has 1 atom stereocenters. The fourth-order valence-corrected chi connectivity index (χ4v) is 3.60. The maximum absolute atomic E-state index is 3.67. The summed E-state index contributed by atoms with van der Waals surface area (Å²) in [7, 11) is 0. The molecule has 1 aliphatic rings. The Morgan fingerprint density at radius 3 is 3.00 bits per heavy atom. The van der Waals surface area contributed by atoms with Crippen molar-refractivity contribution >= 4 is 11.3 Å². The van der Waals surface area contributed by atoms with Gasteiger partial charge in [0, 0.05) is 24.5 Å². The van der Waals surface area contributed by atoms with E-state index in [2.05, 4.69) is 35.9 Å². The average Bonchev–Trinajstić information content (AvgIpc) is 2.98. The molecule has 1 aromatic heterocycles. The zero-order valence-electron chi connectivity index (χ0n) is 11.0. The van der Waals surface area contributed by atoms with Crippen molar-refractivity contribution in [1.29, 1.82) is 0 Å². The van der Waals surface area contributed by atoms with Crippen molar-refractivity contribution in [2.24, 2.45) is 5.41 Å². The van der Waals surface area contributed by atoms with Crippen LogP contribution >= 0.6 is 11.3 Å². The standard InChI is InChI=1S/C14H24N2S/c1-3-12-5-8-17-13(12)9-16-11-14(4-2)6-7-15-10-14/h5,8,15-16H,3-4,6-7,9-11H2,1-2H3. The molecule has 1 saturated heterocycles. The molecule has 17 heavy (non-hydrogen) atoms. The highest BCUT2D eigenvalue weighted by Crippen LogP contribution is 2.28. The van der Waals surface area contributed by atoms with Crippen molar-refractivity contribution in [2.45, 2.75) is 39.7 Å². The molecule has 0 aromatic carbocycles. The van der Waals surface area contributed by atoms with Gasteiger partial charge in [0.25, 0.3) is 0 Å². The zero-order chi connectivity index (χ0) is 12.1. The van der Waals surface area contributed by atoms with Gasteiger partial charge in [-0.05, 0) is 48.2 Å². The highest BCUT2D eigenvalue weighted by atomic mass is 32.1. The molecule has 0 spiro atoms. The first-order valence-corrected chi connectivity index (χ1v) is 7.64. The fraction of sp³-hybridized carbons (Fsp3) is 0.714. The second-order valence-electron chi connectivity index (χ2n) is 5.11. The third-order valence-corrected chi connectivity index (χ3v) is 5.05. The molecule has 2 N–H and O–H groups in total. The molecule has 96 valence electrons. The maximum Gasteiger partial charge on any atom is 0.0302 e. The van der Waals surface area contributed by atoms with Gasteiger partial charge in [0.1, 0.15) is 0 Å². The second kappa shape index (κ2) is 5.98. The number of rotatable bonds is 6. The van der Waals surface area contributed by atoms with E-state index in [4.69, 9.17) is 0 Å². The summed E-state index contributed by atoms with van der Waals surface area (Å²) in [5.41, 5.74) is 2.02. The van der Waals surface area contributed by atoms with E-state index in [1.807, 2.05) is 11.3 Å². The van der Waals surface area contributed by atoms with E-state index < -0.39 is 0 Å². The van der Waals surface area contributed by atoms with Crippen LogP contribution in [-0.2, 0) is 13.0 Å². The van der Waals surface area contributed by atoms with Gasteiger partial charge < -0.3 is 10.6 Å². The van der Waals surface area contributed by atoms with Crippen LogP contribution in [0.5, 0.6) is 0 Å². The molecule has 0 bridgehead atoms. The molecule has 3 heteroatoms. The summed E-state index contributed by atoms with van der Waals surface area (Å²) in [6, 6.07) is 2.26. The third kappa shape index (κ3) is 3.09. The van der Waals surface area contributed by atoms with Crippen LogP contribution in [0.4, 0.5) is 0 Å². The quantitative estimate of drug-likeness (QED) is 0.813. The van der Waals surface area contributed by atoms with Crippen LogP contribution in [0.1, 0.15) is 37.1 Å². The summed E-state index contributed by atoms with van der Waals surface area (Å²) >= 11 is 1.89. The molecule has 1 aliphatic heterocycles. The first kappa shape index (κ1) is 13.1. The summed E-state index contributed by atoms with van der Waals surface area (Å²) in [5, 5.41) is 9.37. The normalized spacial score (nSPS) is 24.4. The molecule has 1 aromatic rings. The predicted molar refractivity (Wildman–Crippen MR) is 75.6 cm³/mol. The van der Waals surface area contributed by atoms with Crippen LogP contribution in [0, 0.1) is 5.41 Å². The minimum atomic E-state index is 0.504. The molecule has 1 fully saturated rings. The molecule has 0 saturated carbocycles. The lowest BCUT2D eigenvalue weighted by Gasteiger charge is -2.27. The Kier molecular flexibility index (Phi) is 4.60. The molecule has 2 rings (SSSR count). The van der Waals surface area contributed by atoms with Gasteiger partial charge >= 0.3 is 0 Å². The van der Waals surface area contributed by atoms with Crippen LogP contribution in [-0.4, -0.2) is 19.6 Å². The Labute approximate surface area is 109 Å². The van der Waals surface area contributed by atoms with Crippen LogP contribution < -0.4 is 10.6 Å². The van der Waals surface area contributed by atoms with E-state index in [1.165, 1.54) is 36.4 Å². The van der Waals surface area contributed by atoms with Gasteiger partial charge in [0.2, 0.25) is 0 Å². The van der Waals surface area contributed by atoms with Crippen molar-refractivity contribution in [3.05, 3.63) is 21.9 Å². The monoisotopic (exact) mass is 252 g/mol. The van der Waals surface area contributed by atoms with Crippen molar-refractivity contribution in [2.75, 3.05) is 19.6 Å². The number of hydrogen-bond acceptors (Lipinski definition) is 3. The Hall–Kier alpha value is -0.380. The molecule has 1 unspecified atom stereocenters. The topological polar surface area (TPSA) is 24.1 Å². The predicted octanol–water partition coefficient (Wildman–Crippen LogP) is 2.79. The first-order chi connectivity index (χ1) is 8.29. The fourth-order valence-electron chi connectivity index (χ4n) is 2.65. The Morgan fingerprint density at radius 1 is 1.47 bits per heavy atom. The summed E-state index contributed by atoms with van der Waals surface area (Å²) in [6.07, 6.45) is 3.75. The van der Waals surface area contributed by atoms with Crippen LogP contribution in [0.3, 0.4) is 0 Å². The van der Waals surface area contributed by atoms with E-state index in [0.29, 0.717) is 5.41 Å². The third-order valence-electron chi connectivity index (χ3n) is 4.09. The van der Waals surface area contributed by atoms with Crippen molar-refractivity contribution in [1.82, 2.24) is 10.6 Å². The Balaban J connectivity index is 1.82. The molecule has 2 heterocycles. The molecule has 0 radical (unpaired) electrons. The van der Waals surface area contributed by atoms with Crippen molar-refractivity contribution in [3.8, 4) is 0 Å². The zero-order valence-corrected chi connectivity index (χ0v) is 11.8. The molecular weight excluding hydrogens is 228 g/mol. The number of thiophene rings is 1. The molecule has 0 amide bonds. The van der Waals surface area contributed by atoms with Crippen molar-refractivity contribution in [3.63, 3.8) is 0 Å². The smallest absolute Gasteiger partial charge is 0.0302 e. The average molecular weight is 252 g/mol. The van der Waals surface area contributed by atoms with Gasteiger partial charge in [-0.3, -0.25) is 0 Å². The van der Waals surface area contributed by atoms with E-state index in [9.17, 15) is 0 Å². The lowest BCUT2D eigenvalue weighted by atomic mass is 9.84. The van der Waals surface area contributed by atoms with E-state index in [1.54, 1.807) is 0 Å². The van der Waals surface area contributed by atoms with Gasteiger partial charge in [-0.25, -0.2) is 0 Å². The van der Waals surface area contributed by atoms with E-state index >= 15 is 0 Å². The maximum atomic E-state index is 3.67. The largest absolute Gasteiger partial charge is 0.316 e. The minimum absolute atomic E-state index is 0.504. The Morgan fingerprint density at radius 2 is 2.35 bits per heavy atom. The summed E-state index contributed by atoms with van der Waals surface area (Å²) < 4.78 is 0. The number of aryl methyl sites for hydroxylation is 1. The van der Waals surface area contributed by atoms with Gasteiger partial charge in [-0.2, -0.15) is 0 Å². The molecule has 0 aliphatic carbocycles. The van der Waals surface area contributed by atoms with Crippen molar-refractivity contribution < 1.29 is 0 Å². The lowest BCUT2D eigenvalue weighted by Crippen LogP contribution is -2.35. The van der Waals surface area contributed by atoms with Gasteiger partial charge in [-0.1, -0.05) is 13.8 Å². The van der Waals surface area contributed by atoms with Crippen LogP contribution in [0.15, 0.2) is 11.4 Å². The van der Waals surface area contributed by atoms with E-state index in [0.717, 1.165) is 19.5 Å². The SMILES string of the molecule is CCc1ccsc1CNCC1(CC)CCNC1. The van der Waals surface area contributed by atoms with Crippen LogP contribution in [0.2, 0.25) is 0 Å². The lowest BCUT2D eigenvalue weighted by molar-refractivity contribution is 0.291. The minimum Gasteiger partial charge on any atom is -0.316 e. The van der Waals surface area contributed by atoms with Gasteiger partial charge in [-0.15, -0.1) is 11.3 Å². The summed E-state index contributed by atoms with van der Waals surface area (Å²) in [6.45, 7) is 9.12. The number of nitrogens with one attached hydrogen (secondary N) is 2. The molecular formula is C14H24N2S. The van der Waals surface area contributed by atoms with Gasteiger partial charge in [0.15, 0.2) is 0 Å². The molecule has 2 nitrogen and oxygen atoms in total. The Bertz CT molecular complexity index is 340. The van der Waals surface area contributed by atoms with Gasteiger partial charge in [0.05, 0.1) is 0 Å². The summed E-state index contributed by atoms with van der Waals surface area (Å²) in [5.74, 6) is 0. The summed E-state index contributed by atoms with van der Waals surface area (Å²) in [4.78, 5) is 1.52. The highest BCUT2D eigenvalue weighted by Gasteiger charge is 2.31.